The number of unbranched alkanes of at least 4 members (excludes halogenated alkanes) is 34. The van der Waals surface area contributed by atoms with Crippen molar-refractivity contribution >= 4 is 0 Å². The first kappa shape index (κ1) is 74.8. The molecule has 0 aromatic carbocycles. The van der Waals surface area contributed by atoms with Gasteiger partial charge in [-0.15, -0.1) is 0 Å². The minimum Gasteiger partial charge on any atom is -0.380 e. The van der Waals surface area contributed by atoms with Gasteiger partial charge in [0.2, 0.25) is 0 Å². The zero-order valence-electron chi connectivity index (χ0n) is 51.7. The van der Waals surface area contributed by atoms with Crippen LogP contribution >= 0.6 is 0 Å². The topological polar surface area (TPSA) is 43.4 Å². The van der Waals surface area contributed by atoms with Crippen LogP contribution in [-0.2, 0) is 18.9 Å². The Bertz CT molecular complexity index is 1120. The highest BCUT2D eigenvalue weighted by atomic mass is 16.5. The van der Waals surface area contributed by atoms with Gasteiger partial charge in [-0.3, -0.25) is 0 Å². The molecule has 6 heteroatoms. The van der Waals surface area contributed by atoms with Crippen LogP contribution < -0.4 is 0 Å². The summed E-state index contributed by atoms with van der Waals surface area (Å²) in [6.07, 6.45) is 74.4. The molecule has 0 aliphatic rings. The van der Waals surface area contributed by atoms with Crippen molar-refractivity contribution in [2.75, 3.05) is 81.0 Å². The summed E-state index contributed by atoms with van der Waals surface area (Å²) in [5, 5.41) is 0. The minimum atomic E-state index is 0.369. The van der Waals surface area contributed by atoms with E-state index in [-0.39, 0.29) is 0 Å². The maximum atomic E-state index is 5.99. The summed E-state index contributed by atoms with van der Waals surface area (Å²) < 4.78 is 23.8. The van der Waals surface area contributed by atoms with Crippen LogP contribution in [0.15, 0.2) is 48.6 Å². The monoisotopic (exact) mass is 1040 g/mol. The fraction of sp³-hybridized carbons (Fsp3) is 0.882. The molecule has 6 nitrogen and oxygen atoms in total. The Morgan fingerprint density at radius 3 is 0.676 bits per heavy atom. The molecule has 0 saturated carbocycles. The molecule has 0 N–H and O–H groups in total. The lowest BCUT2D eigenvalue weighted by Gasteiger charge is -2.24. The van der Waals surface area contributed by atoms with Gasteiger partial charge in [-0.2, -0.15) is 0 Å². The molecule has 74 heavy (non-hydrogen) atoms. The average molecular weight is 1040 g/mol. The Morgan fingerprint density at radius 2 is 0.432 bits per heavy atom. The molecule has 440 valence electrons. The first-order valence-electron chi connectivity index (χ1n) is 32.7. The molecule has 0 aromatic rings. The highest BCUT2D eigenvalue weighted by molar-refractivity contribution is 4.93. The van der Waals surface area contributed by atoms with Gasteiger partial charge in [0.1, 0.15) is 0 Å². The molecule has 0 radical (unpaired) electrons. The summed E-state index contributed by atoms with van der Waals surface area (Å²) in [6, 6.07) is 0.739. The molecular weight excluding hydrogens is 909 g/mol. The van der Waals surface area contributed by atoms with Crippen LogP contribution in [0.5, 0.6) is 0 Å². The lowest BCUT2D eigenvalue weighted by atomic mass is 10.1. The third-order valence-corrected chi connectivity index (χ3v) is 14.5. The summed E-state index contributed by atoms with van der Waals surface area (Å²) in [5.41, 5.74) is 0. The largest absolute Gasteiger partial charge is 0.380 e. The third-order valence-electron chi connectivity index (χ3n) is 14.5. The normalized spacial score (nSPS) is 13.0. The maximum Gasteiger partial charge on any atom is 0.0644 e. The predicted molar refractivity (Wildman–Crippen MR) is 331 cm³/mol. The second kappa shape index (κ2) is 67.8. The molecule has 0 spiro atoms. The number of ether oxygens (including phenoxy) is 4. The first-order valence-corrected chi connectivity index (χ1v) is 32.7. The standard InChI is InChI=1S/C35H69NO2.C33H65NO2/c1-5-7-9-11-13-14-15-16-17-18-19-20-21-22-23-24-25-26-28-30-32-38-34-35(36(3)4)33-37-31-29-27-12-10-8-6-2;1-5-7-9-11-12-13-14-15-16-17-18-19-20-21-22-23-24-25-26-28-30-36-32-33(34(3)4)31-35-29-27-10-8-6-2/h13-14,16-17,35H,5-12,15,18-34H2,1-4H3;12-13,15-16,33H,5-11,14,17-32H2,1-4H3/b14-13-,17-16-;13-12-,16-15-/t;33-/m.0/s1. The maximum absolute atomic E-state index is 5.99. The van der Waals surface area contributed by atoms with E-state index in [0.717, 1.165) is 65.7 Å². The average Bonchev–Trinajstić information content (AvgIpc) is 3.39. The van der Waals surface area contributed by atoms with Crippen LogP contribution in [0.25, 0.3) is 0 Å². The molecule has 1 unspecified atom stereocenters. The minimum absolute atomic E-state index is 0.369. The van der Waals surface area contributed by atoms with Crippen LogP contribution in [0.3, 0.4) is 0 Å². The fourth-order valence-electron chi connectivity index (χ4n) is 8.98. The highest BCUT2D eigenvalue weighted by Crippen LogP contribution is 2.14. The van der Waals surface area contributed by atoms with Crippen molar-refractivity contribution in [3.8, 4) is 0 Å². The van der Waals surface area contributed by atoms with E-state index in [4.69, 9.17) is 18.9 Å². The van der Waals surface area contributed by atoms with E-state index in [9.17, 15) is 0 Å². The van der Waals surface area contributed by atoms with E-state index < -0.39 is 0 Å². The number of hydrogen-bond donors (Lipinski definition) is 0. The summed E-state index contributed by atoms with van der Waals surface area (Å²) in [4.78, 5) is 4.48. The van der Waals surface area contributed by atoms with Crippen molar-refractivity contribution in [1.29, 1.82) is 0 Å². The smallest absolute Gasteiger partial charge is 0.0644 e. The molecular formula is C68H134N2O4. The van der Waals surface area contributed by atoms with Crippen molar-refractivity contribution in [3.63, 3.8) is 0 Å². The van der Waals surface area contributed by atoms with Crippen LogP contribution in [-0.4, -0.2) is 103 Å². The van der Waals surface area contributed by atoms with E-state index in [1.54, 1.807) is 0 Å². The van der Waals surface area contributed by atoms with Crippen molar-refractivity contribution in [3.05, 3.63) is 48.6 Å². The zero-order chi connectivity index (χ0) is 54.2. The van der Waals surface area contributed by atoms with Crippen LogP contribution in [0.4, 0.5) is 0 Å². The summed E-state index contributed by atoms with van der Waals surface area (Å²) >= 11 is 0. The van der Waals surface area contributed by atoms with Gasteiger partial charge in [0.15, 0.2) is 0 Å². The molecule has 0 aliphatic carbocycles. The molecule has 0 amide bonds. The molecule has 0 bridgehead atoms. The van der Waals surface area contributed by atoms with Crippen LogP contribution in [0, 0.1) is 0 Å². The second-order valence-corrected chi connectivity index (χ2v) is 22.4. The number of allylic oxidation sites excluding steroid dienone is 8. The van der Waals surface area contributed by atoms with Crippen molar-refractivity contribution in [2.45, 2.75) is 309 Å². The van der Waals surface area contributed by atoms with Gasteiger partial charge in [0.05, 0.1) is 38.5 Å². The van der Waals surface area contributed by atoms with Crippen molar-refractivity contribution < 1.29 is 18.9 Å². The van der Waals surface area contributed by atoms with Gasteiger partial charge < -0.3 is 28.7 Å². The van der Waals surface area contributed by atoms with Gasteiger partial charge >= 0.3 is 0 Å². The Hall–Kier alpha value is -1.28. The van der Waals surface area contributed by atoms with Crippen molar-refractivity contribution in [2.24, 2.45) is 0 Å². The number of rotatable bonds is 60. The van der Waals surface area contributed by atoms with E-state index in [1.807, 2.05) is 0 Å². The number of hydrogen-bond acceptors (Lipinski definition) is 6. The first-order chi connectivity index (χ1) is 36.4. The highest BCUT2D eigenvalue weighted by Gasteiger charge is 2.13. The molecule has 0 heterocycles. The molecule has 0 fully saturated rings. The summed E-state index contributed by atoms with van der Waals surface area (Å²) in [5.74, 6) is 0. The van der Waals surface area contributed by atoms with Gasteiger partial charge in [0.25, 0.3) is 0 Å². The molecule has 2 atom stereocenters. The van der Waals surface area contributed by atoms with E-state index >= 15 is 0 Å². The Kier molecular flexibility index (Phi) is 68.6. The van der Waals surface area contributed by atoms with Gasteiger partial charge in [0, 0.05) is 26.4 Å². The second-order valence-electron chi connectivity index (χ2n) is 22.4. The van der Waals surface area contributed by atoms with Crippen LogP contribution in [0.2, 0.25) is 0 Å². The summed E-state index contributed by atoms with van der Waals surface area (Å²) in [6.45, 7) is 15.8. The molecule has 0 saturated heterocycles. The van der Waals surface area contributed by atoms with Gasteiger partial charge in [-0.25, -0.2) is 0 Å². The van der Waals surface area contributed by atoms with E-state index in [2.05, 4.69) is 114 Å². The van der Waals surface area contributed by atoms with Gasteiger partial charge in [-0.1, -0.05) is 256 Å². The lowest BCUT2D eigenvalue weighted by Crippen LogP contribution is -2.37. The Balaban J connectivity index is 0. The van der Waals surface area contributed by atoms with Crippen LogP contribution in [0.1, 0.15) is 297 Å². The molecule has 0 aliphatic heterocycles. The van der Waals surface area contributed by atoms with E-state index in [0.29, 0.717) is 12.1 Å². The number of nitrogens with zero attached hydrogens (tertiary/aromatic N) is 2. The number of likely N-dealkylation sites (N-methyl/N-ethyl adjacent to an activating group) is 2. The quantitative estimate of drug-likeness (QED) is 0.0447. The third kappa shape index (κ3) is 65.0. The van der Waals surface area contributed by atoms with Crippen molar-refractivity contribution in [1.82, 2.24) is 9.80 Å². The van der Waals surface area contributed by atoms with Gasteiger partial charge in [-0.05, 0) is 118 Å². The lowest BCUT2D eigenvalue weighted by molar-refractivity contribution is 0.0196. The summed E-state index contributed by atoms with van der Waals surface area (Å²) in [7, 11) is 8.52. The zero-order valence-corrected chi connectivity index (χ0v) is 51.7. The van der Waals surface area contributed by atoms with E-state index in [1.165, 1.54) is 257 Å². The Morgan fingerprint density at radius 1 is 0.243 bits per heavy atom. The molecule has 0 rings (SSSR count). The Labute approximate surface area is 465 Å². The predicted octanol–water partition coefficient (Wildman–Crippen LogP) is 20.6. The fourth-order valence-corrected chi connectivity index (χ4v) is 8.98. The molecule has 0 aromatic heterocycles. The SMILES string of the molecule is CCCCC/C=C\C/C=C\CCCCCCCCCCCCOCC(COCCCCCCCC)N(C)C.CCCCC/C=C\C/C=C\CCCCCCCCCCCCOC[C@H](COCCCCCC)N(C)C.